The lowest BCUT2D eigenvalue weighted by molar-refractivity contribution is 0.0124. The van der Waals surface area contributed by atoms with Crippen molar-refractivity contribution >= 4 is 17.7 Å². The third-order valence-electron chi connectivity index (χ3n) is 5.32. The summed E-state index contributed by atoms with van der Waals surface area (Å²) in [5, 5.41) is 7.90. The van der Waals surface area contributed by atoms with Gasteiger partial charge in [-0.2, -0.15) is 11.8 Å². The summed E-state index contributed by atoms with van der Waals surface area (Å²) in [6, 6.07) is 4.84. The molecule has 0 bridgehead atoms. The monoisotopic (exact) mass is 380 g/mol. The molecule has 3 rings (SSSR count). The van der Waals surface area contributed by atoms with Crippen LogP contribution >= 0.6 is 11.8 Å². The molecule has 0 spiro atoms. The summed E-state index contributed by atoms with van der Waals surface area (Å²) in [6.07, 6.45) is 5.93. The van der Waals surface area contributed by atoms with Crippen molar-refractivity contribution in [2.45, 2.75) is 43.5 Å². The lowest BCUT2D eigenvalue weighted by atomic mass is 10.1. The number of hydrogen-bond acceptors (Lipinski definition) is 5. The number of furan rings is 1. The van der Waals surface area contributed by atoms with Crippen LogP contribution in [0.4, 0.5) is 0 Å². The molecule has 1 aromatic heterocycles. The Morgan fingerprint density at radius 1 is 1.35 bits per heavy atom. The van der Waals surface area contributed by atoms with Crippen LogP contribution in [0.3, 0.4) is 0 Å². The van der Waals surface area contributed by atoms with Crippen molar-refractivity contribution < 1.29 is 9.15 Å². The third-order valence-corrected chi connectivity index (χ3v) is 6.42. The van der Waals surface area contributed by atoms with Gasteiger partial charge in [0.1, 0.15) is 11.5 Å². The van der Waals surface area contributed by atoms with Gasteiger partial charge >= 0.3 is 0 Å². The molecular weight excluding hydrogens is 348 g/mol. The summed E-state index contributed by atoms with van der Waals surface area (Å²) in [4.78, 5) is 6.86. The van der Waals surface area contributed by atoms with Gasteiger partial charge in [0, 0.05) is 38.0 Å². The number of thioether (sulfide) groups is 1. The van der Waals surface area contributed by atoms with Crippen LogP contribution in [0.15, 0.2) is 21.5 Å². The predicted molar refractivity (Wildman–Crippen MR) is 108 cm³/mol. The van der Waals surface area contributed by atoms with E-state index in [-0.39, 0.29) is 6.04 Å². The zero-order valence-electron chi connectivity index (χ0n) is 16.2. The Morgan fingerprint density at radius 3 is 2.77 bits per heavy atom. The van der Waals surface area contributed by atoms with Crippen LogP contribution in [0, 0.1) is 6.92 Å². The lowest BCUT2D eigenvalue weighted by Crippen LogP contribution is -2.48. The van der Waals surface area contributed by atoms with E-state index < -0.39 is 0 Å². The van der Waals surface area contributed by atoms with Gasteiger partial charge < -0.3 is 19.8 Å². The van der Waals surface area contributed by atoms with Crippen LogP contribution in [0.1, 0.15) is 36.8 Å². The molecule has 26 heavy (non-hydrogen) atoms. The molecule has 3 unspecified atom stereocenters. The van der Waals surface area contributed by atoms with Crippen molar-refractivity contribution in [2.75, 3.05) is 46.2 Å². The van der Waals surface area contributed by atoms with Gasteiger partial charge in [-0.15, -0.1) is 0 Å². The summed E-state index contributed by atoms with van der Waals surface area (Å²) in [5.41, 5.74) is 0. The van der Waals surface area contributed by atoms with E-state index in [0.717, 1.165) is 55.6 Å². The number of ether oxygens (including phenoxy) is 1. The average Bonchev–Trinajstić information content (AvgIpc) is 3.30. The molecule has 2 fully saturated rings. The molecule has 0 amide bonds. The average molecular weight is 381 g/mol. The number of morpholine rings is 1. The van der Waals surface area contributed by atoms with Crippen LogP contribution in [0.5, 0.6) is 0 Å². The second kappa shape index (κ2) is 9.67. The van der Waals surface area contributed by atoms with Crippen molar-refractivity contribution in [3.8, 4) is 0 Å². The normalized spacial score (nSPS) is 26.0. The van der Waals surface area contributed by atoms with E-state index in [9.17, 15) is 0 Å². The fourth-order valence-corrected chi connectivity index (χ4v) is 4.59. The molecule has 0 aromatic carbocycles. The highest BCUT2D eigenvalue weighted by Crippen LogP contribution is 2.28. The SMILES string of the molecule is CN=C(NCC(c1ccc(C)o1)N1CCOCC1)NC1CCC(SC)C1. The lowest BCUT2D eigenvalue weighted by Gasteiger charge is -2.33. The molecule has 1 aromatic rings. The molecule has 146 valence electrons. The first-order valence-electron chi connectivity index (χ1n) is 9.57. The second-order valence-corrected chi connectivity index (χ2v) is 8.22. The van der Waals surface area contributed by atoms with E-state index >= 15 is 0 Å². The van der Waals surface area contributed by atoms with Gasteiger partial charge in [0.25, 0.3) is 0 Å². The Morgan fingerprint density at radius 2 is 2.15 bits per heavy atom. The fraction of sp³-hybridized carbons (Fsp3) is 0.737. The third kappa shape index (κ3) is 5.18. The molecule has 7 heteroatoms. The van der Waals surface area contributed by atoms with Gasteiger partial charge in [-0.3, -0.25) is 9.89 Å². The van der Waals surface area contributed by atoms with E-state index in [1.165, 1.54) is 19.3 Å². The first-order valence-corrected chi connectivity index (χ1v) is 10.9. The topological polar surface area (TPSA) is 62.0 Å². The summed E-state index contributed by atoms with van der Waals surface area (Å²) in [7, 11) is 1.84. The molecule has 2 heterocycles. The highest BCUT2D eigenvalue weighted by Gasteiger charge is 2.27. The van der Waals surface area contributed by atoms with E-state index in [4.69, 9.17) is 9.15 Å². The molecule has 3 atom stereocenters. The summed E-state index contributed by atoms with van der Waals surface area (Å²) >= 11 is 1.98. The Labute approximate surface area is 161 Å². The standard InChI is InChI=1S/C19H32N4O2S/c1-14-4-7-18(25-14)17(23-8-10-24-11-9-23)13-21-19(20-2)22-15-5-6-16(12-15)26-3/h4,7,15-17H,5-6,8-13H2,1-3H3,(H2,20,21,22). The summed E-state index contributed by atoms with van der Waals surface area (Å²) in [6.45, 7) is 6.18. The van der Waals surface area contributed by atoms with Gasteiger partial charge in [-0.1, -0.05) is 0 Å². The van der Waals surface area contributed by atoms with Crippen LogP contribution < -0.4 is 10.6 Å². The molecule has 1 saturated heterocycles. The molecule has 0 radical (unpaired) electrons. The van der Waals surface area contributed by atoms with Gasteiger partial charge in [-0.05, 0) is 44.6 Å². The molecule has 1 saturated carbocycles. The van der Waals surface area contributed by atoms with E-state index in [0.29, 0.717) is 6.04 Å². The van der Waals surface area contributed by atoms with Crippen LogP contribution in [0.2, 0.25) is 0 Å². The highest BCUT2D eigenvalue weighted by molar-refractivity contribution is 7.99. The van der Waals surface area contributed by atoms with Crippen LogP contribution in [-0.4, -0.2) is 68.3 Å². The van der Waals surface area contributed by atoms with E-state index in [1.54, 1.807) is 0 Å². The smallest absolute Gasteiger partial charge is 0.191 e. The Hall–Kier alpha value is -1.18. The number of aliphatic imine (C=N–C) groups is 1. The van der Waals surface area contributed by atoms with E-state index in [2.05, 4.69) is 32.8 Å². The van der Waals surface area contributed by atoms with Gasteiger partial charge in [-0.25, -0.2) is 0 Å². The van der Waals surface area contributed by atoms with Crippen LogP contribution in [0.25, 0.3) is 0 Å². The Kier molecular flexibility index (Phi) is 7.28. The van der Waals surface area contributed by atoms with Crippen LogP contribution in [-0.2, 0) is 4.74 Å². The van der Waals surface area contributed by atoms with Crippen molar-refractivity contribution in [1.29, 1.82) is 0 Å². The number of hydrogen-bond donors (Lipinski definition) is 2. The first kappa shape index (κ1) is 19.6. The zero-order valence-corrected chi connectivity index (χ0v) is 17.0. The molecule has 1 aliphatic carbocycles. The minimum absolute atomic E-state index is 0.189. The largest absolute Gasteiger partial charge is 0.465 e. The highest BCUT2D eigenvalue weighted by atomic mass is 32.2. The number of nitrogens with zero attached hydrogens (tertiary/aromatic N) is 2. The number of rotatable bonds is 6. The number of guanidine groups is 1. The molecule has 1 aliphatic heterocycles. The maximum absolute atomic E-state index is 5.94. The molecule has 2 aliphatic rings. The Balaban J connectivity index is 1.59. The second-order valence-electron chi connectivity index (χ2n) is 7.08. The maximum atomic E-state index is 5.94. The number of aryl methyl sites for hydroxylation is 1. The summed E-state index contributed by atoms with van der Waals surface area (Å²) < 4.78 is 11.5. The molecule has 2 N–H and O–H groups in total. The van der Waals surface area contributed by atoms with Gasteiger partial charge in [0.05, 0.1) is 19.3 Å². The summed E-state index contributed by atoms with van der Waals surface area (Å²) in [5.74, 6) is 2.85. The van der Waals surface area contributed by atoms with Crippen molar-refractivity contribution in [2.24, 2.45) is 4.99 Å². The van der Waals surface area contributed by atoms with Gasteiger partial charge in [0.2, 0.25) is 0 Å². The van der Waals surface area contributed by atoms with Crippen molar-refractivity contribution in [1.82, 2.24) is 15.5 Å². The zero-order chi connectivity index (χ0) is 18.4. The minimum Gasteiger partial charge on any atom is -0.465 e. The minimum atomic E-state index is 0.189. The van der Waals surface area contributed by atoms with Crippen molar-refractivity contribution in [3.63, 3.8) is 0 Å². The number of nitrogens with one attached hydrogen (secondary N) is 2. The molecule has 6 nitrogen and oxygen atoms in total. The van der Waals surface area contributed by atoms with Crippen molar-refractivity contribution in [3.05, 3.63) is 23.7 Å². The maximum Gasteiger partial charge on any atom is 0.191 e. The quantitative estimate of drug-likeness (QED) is 0.584. The predicted octanol–water partition coefficient (Wildman–Crippen LogP) is 2.41. The van der Waals surface area contributed by atoms with E-state index in [1.807, 2.05) is 31.8 Å². The Bertz CT molecular complexity index is 586. The fourth-order valence-electron chi connectivity index (χ4n) is 3.80. The van der Waals surface area contributed by atoms with Gasteiger partial charge in [0.15, 0.2) is 5.96 Å². The first-order chi connectivity index (χ1) is 12.7. The molecular formula is C19H32N4O2S.